The number of nitrogens with two attached hydrogens (primary N) is 1. The van der Waals surface area contributed by atoms with Crippen molar-refractivity contribution < 1.29 is 10.2 Å². The largest absolute Gasteiger partial charge is 0.506 e. The van der Waals surface area contributed by atoms with Crippen LogP contribution < -0.4 is 5.73 Å². The second-order valence-corrected chi connectivity index (χ2v) is 5.29. The summed E-state index contributed by atoms with van der Waals surface area (Å²) in [5.74, 6) is -0.0832. The highest BCUT2D eigenvalue weighted by Gasteiger charge is 2.29. The Labute approximate surface area is 105 Å². The quantitative estimate of drug-likeness (QED) is 0.786. The van der Waals surface area contributed by atoms with Gasteiger partial charge in [0.2, 0.25) is 0 Å². The van der Waals surface area contributed by atoms with E-state index in [4.69, 9.17) is 28.9 Å². The molecular formula is C11H15Cl2NO2. The molecule has 0 unspecified atom stereocenters. The van der Waals surface area contributed by atoms with E-state index in [9.17, 15) is 10.2 Å². The number of benzene rings is 1. The number of halogens is 2. The molecule has 90 valence electrons. The molecule has 0 bridgehead atoms. The number of rotatable bonds is 3. The third-order valence-corrected chi connectivity index (χ3v) is 3.15. The summed E-state index contributed by atoms with van der Waals surface area (Å²) in [7, 11) is 0. The Morgan fingerprint density at radius 2 is 1.94 bits per heavy atom. The third-order valence-electron chi connectivity index (χ3n) is 2.64. The van der Waals surface area contributed by atoms with Gasteiger partial charge in [-0.2, -0.15) is 0 Å². The number of phenolic OH excluding ortho intramolecular Hbond substituents is 1. The first-order valence-corrected chi connectivity index (χ1v) is 5.59. The smallest absolute Gasteiger partial charge is 0.139 e. The molecule has 0 aliphatic rings. The summed E-state index contributed by atoms with van der Waals surface area (Å²) in [6.45, 7) is 3.50. The van der Waals surface area contributed by atoms with Gasteiger partial charge in [-0.05, 0) is 12.1 Å². The first-order valence-electron chi connectivity index (χ1n) is 4.84. The minimum absolute atomic E-state index is 0.0832. The molecule has 1 atom stereocenters. The highest BCUT2D eigenvalue weighted by molar-refractivity contribution is 6.35. The summed E-state index contributed by atoms with van der Waals surface area (Å²) in [6.07, 6.45) is 0. The SMILES string of the molecule is CC(C)(CO)[C@@H](N)c1cc(Cl)cc(Cl)c1O. The van der Waals surface area contributed by atoms with E-state index < -0.39 is 11.5 Å². The first-order chi connectivity index (χ1) is 7.29. The van der Waals surface area contributed by atoms with E-state index in [1.165, 1.54) is 6.07 Å². The van der Waals surface area contributed by atoms with Crippen LogP contribution in [0.1, 0.15) is 25.5 Å². The fraction of sp³-hybridized carbons (Fsp3) is 0.455. The number of aliphatic hydroxyl groups excluding tert-OH is 1. The molecule has 0 radical (unpaired) electrons. The summed E-state index contributed by atoms with van der Waals surface area (Å²) >= 11 is 11.6. The van der Waals surface area contributed by atoms with E-state index in [-0.39, 0.29) is 17.4 Å². The fourth-order valence-corrected chi connectivity index (χ4v) is 1.85. The first kappa shape index (κ1) is 13.6. The Balaban J connectivity index is 3.23. The molecule has 1 aromatic rings. The Hall–Kier alpha value is -0.480. The Morgan fingerprint density at radius 3 is 2.44 bits per heavy atom. The molecule has 0 saturated heterocycles. The van der Waals surface area contributed by atoms with Gasteiger partial charge in [-0.1, -0.05) is 37.0 Å². The summed E-state index contributed by atoms with van der Waals surface area (Å²) in [6, 6.07) is 2.46. The highest BCUT2D eigenvalue weighted by Crippen LogP contribution is 2.40. The maximum absolute atomic E-state index is 9.80. The van der Waals surface area contributed by atoms with Gasteiger partial charge in [-0.25, -0.2) is 0 Å². The van der Waals surface area contributed by atoms with Crippen LogP contribution >= 0.6 is 23.2 Å². The van der Waals surface area contributed by atoms with Gasteiger partial charge in [-0.15, -0.1) is 0 Å². The molecule has 16 heavy (non-hydrogen) atoms. The molecule has 4 N–H and O–H groups in total. The van der Waals surface area contributed by atoms with Gasteiger partial charge in [0.1, 0.15) is 5.75 Å². The van der Waals surface area contributed by atoms with Crippen LogP contribution in [0.2, 0.25) is 10.0 Å². The minimum atomic E-state index is -0.564. The predicted octanol–water partition coefficient (Wildman–Crippen LogP) is 2.72. The van der Waals surface area contributed by atoms with E-state index in [1.54, 1.807) is 19.9 Å². The Kier molecular flexibility index (Phi) is 4.07. The number of hydrogen-bond acceptors (Lipinski definition) is 3. The summed E-state index contributed by atoms with van der Waals surface area (Å²) in [5, 5.41) is 19.6. The molecule has 0 heterocycles. The van der Waals surface area contributed by atoms with Crippen LogP contribution in [-0.4, -0.2) is 16.8 Å². The fourth-order valence-electron chi connectivity index (χ4n) is 1.34. The average molecular weight is 264 g/mol. The third kappa shape index (κ3) is 2.61. The molecule has 0 saturated carbocycles. The summed E-state index contributed by atoms with van der Waals surface area (Å²) in [5.41, 5.74) is 5.86. The predicted molar refractivity (Wildman–Crippen MR) is 65.9 cm³/mol. The second kappa shape index (κ2) is 4.80. The van der Waals surface area contributed by atoms with Crippen molar-refractivity contribution in [3.63, 3.8) is 0 Å². The standard InChI is InChI=1S/C11H15Cl2NO2/c1-11(2,5-15)10(14)7-3-6(12)4-8(13)9(7)16/h3-4,10,15-16H,5,14H2,1-2H3/t10-/m0/s1. The van der Waals surface area contributed by atoms with E-state index in [2.05, 4.69) is 0 Å². The Bertz CT molecular complexity index is 394. The van der Waals surface area contributed by atoms with Crippen molar-refractivity contribution >= 4 is 23.2 Å². The molecule has 0 aliphatic carbocycles. The van der Waals surface area contributed by atoms with Crippen LogP contribution in [0.25, 0.3) is 0 Å². The summed E-state index contributed by atoms with van der Waals surface area (Å²) in [4.78, 5) is 0. The van der Waals surface area contributed by atoms with Crippen LogP contribution in [0, 0.1) is 5.41 Å². The lowest BCUT2D eigenvalue weighted by atomic mass is 9.81. The van der Waals surface area contributed by atoms with Gasteiger partial charge in [0, 0.05) is 28.6 Å². The lowest BCUT2D eigenvalue weighted by molar-refractivity contribution is 0.131. The van der Waals surface area contributed by atoms with Crippen molar-refractivity contribution in [1.29, 1.82) is 0 Å². The molecule has 0 spiro atoms. The maximum atomic E-state index is 9.80. The van der Waals surface area contributed by atoms with Gasteiger partial charge in [0.05, 0.1) is 5.02 Å². The molecule has 0 amide bonds. The van der Waals surface area contributed by atoms with Crippen LogP contribution in [-0.2, 0) is 0 Å². The lowest BCUT2D eigenvalue weighted by Gasteiger charge is -2.30. The Morgan fingerprint density at radius 1 is 1.38 bits per heavy atom. The second-order valence-electron chi connectivity index (χ2n) is 4.45. The van der Waals surface area contributed by atoms with Gasteiger partial charge >= 0.3 is 0 Å². The number of aromatic hydroxyl groups is 1. The topological polar surface area (TPSA) is 66.5 Å². The maximum Gasteiger partial charge on any atom is 0.139 e. The van der Waals surface area contributed by atoms with Crippen LogP contribution in [0.3, 0.4) is 0 Å². The molecule has 3 nitrogen and oxygen atoms in total. The number of aliphatic hydroxyl groups is 1. The zero-order valence-electron chi connectivity index (χ0n) is 9.17. The molecular weight excluding hydrogens is 249 g/mol. The van der Waals surface area contributed by atoms with Gasteiger partial charge in [-0.3, -0.25) is 0 Å². The van der Waals surface area contributed by atoms with E-state index in [0.29, 0.717) is 10.6 Å². The van der Waals surface area contributed by atoms with Crippen LogP contribution in [0.15, 0.2) is 12.1 Å². The van der Waals surface area contributed by atoms with Crippen molar-refractivity contribution in [3.8, 4) is 5.75 Å². The molecule has 0 fully saturated rings. The van der Waals surface area contributed by atoms with E-state index in [1.807, 2.05) is 0 Å². The van der Waals surface area contributed by atoms with E-state index >= 15 is 0 Å². The normalized spacial score (nSPS) is 13.9. The van der Waals surface area contributed by atoms with Gasteiger partial charge in [0.25, 0.3) is 0 Å². The van der Waals surface area contributed by atoms with Crippen molar-refractivity contribution in [2.24, 2.45) is 11.1 Å². The minimum Gasteiger partial charge on any atom is -0.506 e. The van der Waals surface area contributed by atoms with Crippen molar-refractivity contribution in [2.45, 2.75) is 19.9 Å². The zero-order chi connectivity index (χ0) is 12.5. The van der Waals surface area contributed by atoms with Crippen molar-refractivity contribution in [3.05, 3.63) is 27.7 Å². The average Bonchev–Trinajstić information content (AvgIpc) is 2.22. The zero-order valence-corrected chi connectivity index (χ0v) is 10.7. The van der Waals surface area contributed by atoms with Gasteiger partial charge < -0.3 is 15.9 Å². The molecule has 1 rings (SSSR count). The van der Waals surface area contributed by atoms with Crippen LogP contribution in [0.5, 0.6) is 5.75 Å². The molecule has 5 heteroatoms. The van der Waals surface area contributed by atoms with Gasteiger partial charge in [0.15, 0.2) is 0 Å². The number of phenols is 1. The molecule has 1 aromatic carbocycles. The van der Waals surface area contributed by atoms with Crippen molar-refractivity contribution in [2.75, 3.05) is 6.61 Å². The lowest BCUT2D eigenvalue weighted by Crippen LogP contribution is -2.32. The molecule has 0 aliphatic heterocycles. The highest BCUT2D eigenvalue weighted by atomic mass is 35.5. The molecule has 0 aromatic heterocycles. The monoisotopic (exact) mass is 263 g/mol. The summed E-state index contributed by atoms with van der Waals surface area (Å²) < 4.78 is 0. The van der Waals surface area contributed by atoms with Crippen LogP contribution in [0.4, 0.5) is 0 Å². The number of hydrogen-bond donors (Lipinski definition) is 3. The van der Waals surface area contributed by atoms with E-state index in [0.717, 1.165) is 0 Å². The van der Waals surface area contributed by atoms with Crippen molar-refractivity contribution in [1.82, 2.24) is 0 Å².